The molecule has 3 N–H and O–H groups in total. The van der Waals surface area contributed by atoms with Crippen LogP contribution in [0.2, 0.25) is 0 Å². The molecule has 1 unspecified atom stereocenters. The van der Waals surface area contributed by atoms with E-state index < -0.39 is 27.6 Å². The predicted octanol–water partition coefficient (Wildman–Crippen LogP) is 0.569. The van der Waals surface area contributed by atoms with Gasteiger partial charge in [-0.1, -0.05) is 0 Å². The van der Waals surface area contributed by atoms with E-state index in [0.717, 1.165) is 0 Å². The summed E-state index contributed by atoms with van der Waals surface area (Å²) in [5, 5.41) is 0. The van der Waals surface area contributed by atoms with Gasteiger partial charge in [0, 0.05) is 18.5 Å². The van der Waals surface area contributed by atoms with Crippen molar-refractivity contribution in [1.82, 2.24) is 4.72 Å². The highest BCUT2D eigenvalue weighted by Crippen LogP contribution is 2.31. The van der Waals surface area contributed by atoms with Crippen LogP contribution in [-0.4, -0.2) is 39.2 Å². The third kappa shape index (κ3) is 4.43. The van der Waals surface area contributed by atoms with Crippen molar-refractivity contribution in [1.29, 1.82) is 0 Å². The molecular formula is C15H22N2O5S. The molecule has 1 heterocycles. The Morgan fingerprint density at radius 3 is 2.78 bits per heavy atom. The molecular weight excluding hydrogens is 320 g/mol. The van der Waals surface area contributed by atoms with Crippen molar-refractivity contribution in [2.24, 2.45) is 5.73 Å². The normalized spacial score (nSPS) is 17.5. The second-order valence-electron chi connectivity index (χ2n) is 6.15. The van der Waals surface area contributed by atoms with Gasteiger partial charge in [0.15, 0.2) is 6.10 Å². The van der Waals surface area contributed by atoms with Crippen LogP contribution in [0, 0.1) is 0 Å². The second kappa shape index (κ2) is 6.46. The van der Waals surface area contributed by atoms with Crippen molar-refractivity contribution in [2.45, 2.75) is 43.7 Å². The van der Waals surface area contributed by atoms with Gasteiger partial charge in [-0.15, -0.1) is 0 Å². The number of hydrogen-bond acceptors (Lipinski definition) is 6. The Morgan fingerprint density at radius 1 is 1.48 bits per heavy atom. The molecule has 1 aliphatic rings. The maximum absolute atomic E-state index is 12.3. The van der Waals surface area contributed by atoms with Crippen LogP contribution in [0.4, 0.5) is 0 Å². The highest BCUT2D eigenvalue weighted by molar-refractivity contribution is 7.89. The minimum atomic E-state index is -3.66. The molecule has 0 spiro atoms. The predicted molar refractivity (Wildman–Crippen MR) is 84.6 cm³/mol. The van der Waals surface area contributed by atoms with Crippen LogP contribution in [0.3, 0.4) is 0 Å². The van der Waals surface area contributed by atoms with Crippen LogP contribution in [-0.2, 0) is 26.0 Å². The summed E-state index contributed by atoms with van der Waals surface area (Å²) in [6, 6.07) is 4.51. The Morgan fingerprint density at radius 2 is 2.17 bits per heavy atom. The number of nitrogens with two attached hydrogens (primary N) is 1. The summed E-state index contributed by atoms with van der Waals surface area (Å²) in [6.45, 7) is 5.57. The number of ether oxygens (including phenoxy) is 2. The van der Waals surface area contributed by atoms with E-state index in [1.54, 1.807) is 26.8 Å². The molecule has 1 aromatic carbocycles. The Hall–Kier alpha value is -1.64. The van der Waals surface area contributed by atoms with Gasteiger partial charge in [-0.05, 0) is 44.5 Å². The number of sulfonamides is 1. The van der Waals surface area contributed by atoms with Crippen LogP contribution in [0.5, 0.6) is 5.75 Å². The summed E-state index contributed by atoms with van der Waals surface area (Å²) in [4.78, 5) is 11.8. The van der Waals surface area contributed by atoms with Crippen molar-refractivity contribution in [3.63, 3.8) is 0 Å². The molecule has 0 aromatic heterocycles. The van der Waals surface area contributed by atoms with Crippen molar-refractivity contribution in [2.75, 3.05) is 13.2 Å². The molecule has 0 aliphatic carbocycles. The largest absolute Gasteiger partial charge is 0.478 e. The molecule has 2 rings (SSSR count). The molecule has 0 amide bonds. The molecule has 0 bridgehead atoms. The van der Waals surface area contributed by atoms with Gasteiger partial charge in [-0.25, -0.2) is 17.9 Å². The first-order valence-corrected chi connectivity index (χ1v) is 8.85. The zero-order valence-electron chi connectivity index (χ0n) is 13.5. The number of carbonyl (C=O) groups is 1. The summed E-state index contributed by atoms with van der Waals surface area (Å²) < 4.78 is 37.5. The third-order valence-corrected chi connectivity index (χ3v) is 4.68. The smallest absolute Gasteiger partial charge is 0.347 e. The number of fused-ring (bicyclic) bond motifs is 1. The summed E-state index contributed by atoms with van der Waals surface area (Å²) in [5.74, 6) is 0.0530. The fourth-order valence-corrected chi connectivity index (χ4v) is 3.40. The lowest BCUT2D eigenvalue weighted by atomic mass is 10.1. The maximum atomic E-state index is 12.3. The lowest BCUT2D eigenvalue weighted by Crippen LogP contribution is -2.45. The van der Waals surface area contributed by atoms with Crippen molar-refractivity contribution in [3.8, 4) is 5.75 Å². The monoisotopic (exact) mass is 342 g/mol. The van der Waals surface area contributed by atoms with Crippen LogP contribution >= 0.6 is 0 Å². The SMILES string of the molecule is CCOC(=O)C1Cc2cc(S(=O)(=O)NCC(C)(C)N)ccc2O1. The molecule has 8 heteroatoms. The fourth-order valence-electron chi connectivity index (χ4n) is 2.12. The highest BCUT2D eigenvalue weighted by Gasteiger charge is 2.31. The zero-order chi connectivity index (χ0) is 17.3. The van der Waals surface area contributed by atoms with E-state index in [4.69, 9.17) is 15.2 Å². The molecule has 0 saturated carbocycles. The van der Waals surface area contributed by atoms with Crippen LogP contribution < -0.4 is 15.2 Å². The molecule has 0 saturated heterocycles. The Labute approximate surface area is 136 Å². The third-order valence-electron chi connectivity index (χ3n) is 3.28. The first-order valence-electron chi connectivity index (χ1n) is 7.37. The fraction of sp³-hybridized carbons (Fsp3) is 0.533. The van der Waals surface area contributed by atoms with Crippen molar-refractivity contribution < 1.29 is 22.7 Å². The summed E-state index contributed by atoms with van der Waals surface area (Å²) in [7, 11) is -3.66. The molecule has 1 aromatic rings. The maximum Gasteiger partial charge on any atom is 0.347 e. The van der Waals surface area contributed by atoms with Gasteiger partial charge in [0.25, 0.3) is 0 Å². The minimum absolute atomic E-state index is 0.119. The Balaban J connectivity index is 2.15. The number of carbonyl (C=O) groups excluding carboxylic acids is 1. The lowest BCUT2D eigenvalue weighted by molar-refractivity contribution is -0.150. The molecule has 23 heavy (non-hydrogen) atoms. The van der Waals surface area contributed by atoms with E-state index in [9.17, 15) is 13.2 Å². The van der Waals surface area contributed by atoms with E-state index in [1.807, 2.05) is 0 Å². The van der Waals surface area contributed by atoms with Crippen LogP contribution in [0.15, 0.2) is 23.1 Å². The topological polar surface area (TPSA) is 108 Å². The second-order valence-corrected chi connectivity index (χ2v) is 7.91. The van der Waals surface area contributed by atoms with Gasteiger partial charge < -0.3 is 15.2 Å². The van der Waals surface area contributed by atoms with Gasteiger partial charge in [0.2, 0.25) is 10.0 Å². The standard InChI is InChI=1S/C15H22N2O5S/c1-4-21-14(18)13-8-10-7-11(5-6-12(10)22-13)23(19,20)17-9-15(2,3)16/h5-7,13,17H,4,8-9,16H2,1-3H3. The number of rotatable bonds is 6. The number of nitrogens with one attached hydrogen (secondary N) is 1. The van der Waals surface area contributed by atoms with Crippen molar-refractivity contribution in [3.05, 3.63) is 23.8 Å². The van der Waals surface area contributed by atoms with Crippen LogP contribution in [0.25, 0.3) is 0 Å². The molecule has 1 aliphatic heterocycles. The molecule has 7 nitrogen and oxygen atoms in total. The van der Waals surface area contributed by atoms with Gasteiger partial charge in [-0.2, -0.15) is 0 Å². The van der Waals surface area contributed by atoms with Crippen LogP contribution in [0.1, 0.15) is 26.3 Å². The van der Waals surface area contributed by atoms with Gasteiger partial charge >= 0.3 is 5.97 Å². The highest BCUT2D eigenvalue weighted by atomic mass is 32.2. The van der Waals surface area contributed by atoms with E-state index in [2.05, 4.69) is 4.72 Å². The van der Waals surface area contributed by atoms with Gasteiger partial charge in [0.05, 0.1) is 11.5 Å². The van der Waals surface area contributed by atoms with E-state index in [-0.39, 0.29) is 18.0 Å². The van der Waals surface area contributed by atoms with E-state index in [0.29, 0.717) is 17.7 Å². The summed E-state index contributed by atoms with van der Waals surface area (Å²) >= 11 is 0. The molecule has 128 valence electrons. The average Bonchev–Trinajstić information content (AvgIpc) is 2.88. The molecule has 0 radical (unpaired) electrons. The summed E-state index contributed by atoms with van der Waals surface area (Å²) in [6.07, 6.45) is -0.432. The number of benzene rings is 1. The van der Waals surface area contributed by atoms with E-state index >= 15 is 0 Å². The first kappa shape index (κ1) is 17.7. The van der Waals surface area contributed by atoms with Crippen molar-refractivity contribution >= 4 is 16.0 Å². The first-order chi connectivity index (χ1) is 10.6. The quantitative estimate of drug-likeness (QED) is 0.732. The number of esters is 1. The van der Waals surface area contributed by atoms with Gasteiger partial charge in [0.1, 0.15) is 5.75 Å². The Kier molecular flexibility index (Phi) is 4.98. The molecule has 0 fully saturated rings. The average molecular weight is 342 g/mol. The van der Waals surface area contributed by atoms with Gasteiger partial charge in [-0.3, -0.25) is 0 Å². The van der Waals surface area contributed by atoms with E-state index in [1.165, 1.54) is 12.1 Å². The number of hydrogen-bond donors (Lipinski definition) is 2. The zero-order valence-corrected chi connectivity index (χ0v) is 14.3. The molecule has 1 atom stereocenters. The minimum Gasteiger partial charge on any atom is -0.478 e. The summed E-state index contributed by atoms with van der Waals surface area (Å²) in [5.41, 5.74) is 5.81. The Bertz CT molecular complexity index is 694. The lowest BCUT2D eigenvalue weighted by Gasteiger charge is -2.19.